The Bertz CT molecular complexity index is 899. The molecular formula is C25H30N4O3. The molecule has 0 spiro atoms. The summed E-state index contributed by atoms with van der Waals surface area (Å²) in [4.78, 5) is 17.0. The predicted octanol–water partition coefficient (Wildman–Crippen LogP) is 1.78. The highest BCUT2D eigenvalue weighted by molar-refractivity contribution is 5.78. The van der Waals surface area contributed by atoms with E-state index in [9.17, 15) is 4.79 Å². The van der Waals surface area contributed by atoms with Gasteiger partial charge in [0, 0.05) is 39.3 Å². The molecule has 2 fully saturated rings. The number of carbonyl (C=O) groups excluding carboxylic acids is 1. The Morgan fingerprint density at radius 3 is 2.38 bits per heavy atom. The molecule has 2 aliphatic rings. The second-order valence-electron chi connectivity index (χ2n) is 8.46. The molecule has 0 aliphatic carbocycles. The summed E-state index contributed by atoms with van der Waals surface area (Å²) >= 11 is 0. The SMILES string of the molecule is N#Cc1ccc(CNC(=O)CN2CC3CN(CCOCc4ccccc4)CC(C2)O3)cc1. The molecule has 32 heavy (non-hydrogen) atoms. The highest BCUT2D eigenvalue weighted by atomic mass is 16.5. The maximum absolute atomic E-state index is 12.4. The molecule has 1 amide bonds. The number of nitrogens with one attached hydrogen (secondary N) is 1. The number of hydrogen-bond acceptors (Lipinski definition) is 6. The van der Waals surface area contributed by atoms with Crippen LogP contribution < -0.4 is 5.32 Å². The normalized spacial score (nSPS) is 21.1. The second kappa shape index (κ2) is 11.2. The zero-order valence-electron chi connectivity index (χ0n) is 18.3. The van der Waals surface area contributed by atoms with Crippen LogP contribution in [-0.4, -0.2) is 73.8 Å². The van der Waals surface area contributed by atoms with Crippen LogP contribution >= 0.6 is 0 Å². The first-order valence-corrected chi connectivity index (χ1v) is 11.2. The van der Waals surface area contributed by atoms with Gasteiger partial charge in [-0.25, -0.2) is 0 Å². The van der Waals surface area contributed by atoms with Crippen molar-refractivity contribution in [2.24, 2.45) is 0 Å². The van der Waals surface area contributed by atoms with Gasteiger partial charge in [-0.1, -0.05) is 42.5 Å². The summed E-state index contributed by atoms with van der Waals surface area (Å²) in [5, 5.41) is 11.8. The van der Waals surface area contributed by atoms with Crippen LogP contribution in [0.25, 0.3) is 0 Å². The van der Waals surface area contributed by atoms with E-state index in [2.05, 4.69) is 33.3 Å². The van der Waals surface area contributed by atoms with Gasteiger partial charge in [0.2, 0.25) is 5.91 Å². The average Bonchev–Trinajstić information content (AvgIpc) is 2.81. The van der Waals surface area contributed by atoms with Crippen molar-refractivity contribution in [1.29, 1.82) is 5.26 Å². The number of nitriles is 1. The Labute approximate surface area is 189 Å². The molecule has 2 unspecified atom stereocenters. The quantitative estimate of drug-likeness (QED) is 0.606. The van der Waals surface area contributed by atoms with Gasteiger partial charge < -0.3 is 14.8 Å². The van der Waals surface area contributed by atoms with Crippen LogP contribution in [0, 0.1) is 11.3 Å². The van der Waals surface area contributed by atoms with E-state index in [0.29, 0.717) is 31.9 Å². The topological polar surface area (TPSA) is 77.8 Å². The average molecular weight is 435 g/mol. The molecule has 2 bridgehead atoms. The summed E-state index contributed by atoms with van der Waals surface area (Å²) in [5.41, 5.74) is 2.80. The molecule has 0 saturated carbocycles. The largest absolute Gasteiger partial charge is 0.375 e. The molecule has 2 aromatic carbocycles. The third-order valence-corrected chi connectivity index (χ3v) is 5.84. The van der Waals surface area contributed by atoms with Crippen LogP contribution in [0.1, 0.15) is 16.7 Å². The highest BCUT2D eigenvalue weighted by Gasteiger charge is 2.35. The third kappa shape index (κ3) is 6.62. The lowest BCUT2D eigenvalue weighted by Crippen LogP contribution is -2.60. The lowest BCUT2D eigenvalue weighted by atomic mass is 10.1. The maximum Gasteiger partial charge on any atom is 0.234 e. The number of rotatable bonds is 9. The minimum atomic E-state index is 0.0144. The Morgan fingerprint density at radius 1 is 1.00 bits per heavy atom. The van der Waals surface area contributed by atoms with Gasteiger partial charge in [0.05, 0.1) is 43.6 Å². The minimum Gasteiger partial charge on any atom is -0.375 e. The molecule has 168 valence electrons. The maximum atomic E-state index is 12.4. The molecular weight excluding hydrogens is 404 g/mol. The van der Waals surface area contributed by atoms with E-state index in [4.69, 9.17) is 14.7 Å². The fraction of sp³-hybridized carbons (Fsp3) is 0.440. The first-order chi connectivity index (χ1) is 15.7. The van der Waals surface area contributed by atoms with Crippen molar-refractivity contribution >= 4 is 5.91 Å². The van der Waals surface area contributed by atoms with Crippen LogP contribution in [0.15, 0.2) is 54.6 Å². The second-order valence-corrected chi connectivity index (χ2v) is 8.46. The van der Waals surface area contributed by atoms with Gasteiger partial charge in [-0.15, -0.1) is 0 Å². The molecule has 7 heteroatoms. The van der Waals surface area contributed by atoms with E-state index < -0.39 is 0 Å². The first-order valence-electron chi connectivity index (χ1n) is 11.2. The van der Waals surface area contributed by atoms with Crippen LogP contribution in [0.2, 0.25) is 0 Å². The smallest absolute Gasteiger partial charge is 0.234 e. The number of ether oxygens (including phenoxy) is 2. The van der Waals surface area contributed by atoms with Gasteiger partial charge in [0.25, 0.3) is 0 Å². The minimum absolute atomic E-state index is 0.0144. The van der Waals surface area contributed by atoms with Crippen LogP contribution in [0.5, 0.6) is 0 Å². The van der Waals surface area contributed by atoms with Gasteiger partial charge in [-0.3, -0.25) is 14.6 Å². The summed E-state index contributed by atoms with van der Waals surface area (Å²) in [6.07, 6.45) is 0.255. The summed E-state index contributed by atoms with van der Waals surface area (Å²) in [6, 6.07) is 19.6. The zero-order chi connectivity index (χ0) is 22.2. The zero-order valence-corrected chi connectivity index (χ0v) is 18.3. The van der Waals surface area contributed by atoms with E-state index >= 15 is 0 Å². The van der Waals surface area contributed by atoms with E-state index in [1.54, 1.807) is 12.1 Å². The predicted molar refractivity (Wildman–Crippen MR) is 121 cm³/mol. The van der Waals surface area contributed by atoms with E-state index in [0.717, 1.165) is 38.3 Å². The summed E-state index contributed by atoms with van der Waals surface area (Å²) in [6.45, 7) is 6.37. The Hall–Kier alpha value is -2.76. The van der Waals surface area contributed by atoms with Gasteiger partial charge in [-0.2, -0.15) is 5.26 Å². The Morgan fingerprint density at radius 2 is 1.69 bits per heavy atom. The molecule has 4 rings (SSSR count). The molecule has 2 aromatic rings. The van der Waals surface area contributed by atoms with E-state index in [-0.39, 0.29) is 18.1 Å². The lowest BCUT2D eigenvalue weighted by Gasteiger charge is -2.45. The standard InChI is InChI=1S/C25H30N4O3/c26-12-20-6-8-21(9-7-20)13-27-25(30)18-29-16-23-14-28(15-24(17-29)32-23)10-11-31-19-22-4-2-1-3-5-22/h1-9,23-24H,10-11,13-19H2,(H,27,30). The fourth-order valence-electron chi connectivity index (χ4n) is 4.29. The van der Waals surface area contributed by atoms with Crippen molar-refractivity contribution in [2.45, 2.75) is 25.4 Å². The molecule has 7 nitrogen and oxygen atoms in total. The molecule has 2 atom stereocenters. The number of morpholine rings is 2. The van der Waals surface area contributed by atoms with Crippen molar-refractivity contribution in [1.82, 2.24) is 15.1 Å². The monoisotopic (exact) mass is 434 g/mol. The molecule has 0 aromatic heterocycles. The molecule has 0 radical (unpaired) electrons. The molecule has 1 N–H and O–H groups in total. The Kier molecular flexibility index (Phi) is 7.86. The fourth-order valence-corrected chi connectivity index (χ4v) is 4.29. The van der Waals surface area contributed by atoms with Crippen LogP contribution in [0.3, 0.4) is 0 Å². The number of amides is 1. The number of fused-ring (bicyclic) bond motifs is 2. The van der Waals surface area contributed by atoms with Gasteiger partial charge in [0.1, 0.15) is 0 Å². The third-order valence-electron chi connectivity index (χ3n) is 5.84. The van der Waals surface area contributed by atoms with Crippen molar-refractivity contribution < 1.29 is 14.3 Å². The molecule has 2 heterocycles. The van der Waals surface area contributed by atoms with Crippen molar-refractivity contribution in [3.05, 3.63) is 71.3 Å². The summed E-state index contributed by atoms with van der Waals surface area (Å²) in [7, 11) is 0. The van der Waals surface area contributed by atoms with Crippen LogP contribution in [-0.2, 0) is 27.4 Å². The number of nitrogens with zero attached hydrogens (tertiary/aromatic N) is 3. The number of hydrogen-bond donors (Lipinski definition) is 1. The summed E-state index contributed by atoms with van der Waals surface area (Å²) in [5.74, 6) is 0.0144. The first kappa shape index (κ1) is 22.4. The van der Waals surface area contributed by atoms with E-state index in [1.165, 1.54) is 5.56 Å². The van der Waals surface area contributed by atoms with Gasteiger partial charge >= 0.3 is 0 Å². The van der Waals surface area contributed by atoms with Crippen molar-refractivity contribution in [3.63, 3.8) is 0 Å². The highest BCUT2D eigenvalue weighted by Crippen LogP contribution is 2.19. The van der Waals surface area contributed by atoms with Crippen molar-refractivity contribution in [3.8, 4) is 6.07 Å². The Balaban J connectivity index is 1.14. The molecule has 2 aliphatic heterocycles. The van der Waals surface area contributed by atoms with E-state index in [1.807, 2.05) is 30.3 Å². The number of carbonyl (C=O) groups is 1. The lowest BCUT2D eigenvalue weighted by molar-refractivity contribution is -0.146. The van der Waals surface area contributed by atoms with Crippen molar-refractivity contribution in [2.75, 3.05) is 45.9 Å². The van der Waals surface area contributed by atoms with Gasteiger partial charge in [-0.05, 0) is 23.3 Å². The molecule has 2 saturated heterocycles. The van der Waals surface area contributed by atoms with Gasteiger partial charge in [0.15, 0.2) is 0 Å². The van der Waals surface area contributed by atoms with Crippen LogP contribution in [0.4, 0.5) is 0 Å². The number of benzene rings is 2. The summed E-state index contributed by atoms with van der Waals surface area (Å²) < 4.78 is 11.9.